The van der Waals surface area contributed by atoms with Gasteiger partial charge in [-0.25, -0.2) is 9.98 Å². The van der Waals surface area contributed by atoms with Crippen LogP contribution in [-0.2, 0) is 32.5 Å². The van der Waals surface area contributed by atoms with Gasteiger partial charge in [-0.1, -0.05) is 43.3 Å². The Labute approximate surface area is 195 Å². The molecule has 2 heterocycles. The molecule has 0 radical (unpaired) electrons. The van der Waals surface area contributed by atoms with Crippen LogP contribution in [0.3, 0.4) is 0 Å². The lowest BCUT2D eigenvalue weighted by Crippen LogP contribution is -2.37. The van der Waals surface area contributed by atoms with E-state index in [1.165, 1.54) is 11.1 Å². The highest BCUT2D eigenvalue weighted by Crippen LogP contribution is 2.15. The second-order valence-corrected chi connectivity index (χ2v) is 6.84. The fourth-order valence-electron chi connectivity index (χ4n) is 3.24. The van der Waals surface area contributed by atoms with Gasteiger partial charge >= 0.3 is 0 Å². The van der Waals surface area contributed by atoms with Gasteiger partial charge in [0.1, 0.15) is 5.76 Å². The molecule has 0 saturated heterocycles. The van der Waals surface area contributed by atoms with E-state index in [4.69, 9.17) is 9.52 Å². The molecular weight excluding hydrogens is 491 g/mol. The van der Waals surface area contributed by atoms with Gasteiger partial charge in [-0.05, 0) is 24.5 Å². The molecule has 0 saturated carbocycles. The molecule has 0 atom stereocenters. The number of nitrogens with one attached hydrogen (secondary N) is 2. The third kappa shape index (κ3) is 6.58. The van der Waals surface area contributed by atoms with E-state index in [9.17, 15) is 0 Å². The predicted octanol–water partition coefficient (Wildman–Crippen LogP) is 3.92. The molecular formula is C22H31IN6O. The molecule has 2 aromatic heterocycles. The zero-order chi connectivity index (χ0) is 20.5. The van der Waals surface area contributed by atoms with Crippen LogP contribution in [0.5, 0.6) is 0 Å². The Hall–Kier alpha value is -2.36. The Kier molecular flexibility index (Phi) is 9.85. The highest BCUT2D eigenvalue weighted by molar-refractivity contribution is 14.0. The lowest BCUT2D eigenvalue weighted by atomic mass is 10.1. The van der Waals surface area contributed by atoms with Crippen molar-refractivity contribution >= 4 is 29.9 Å². The van der Waals surface area contributed by atoms with Crippen LogP contribution in [0.2, 0.25) is 0 Å². The van der Waals surface area contributed by atoms with Gasteiger partial charge in [0.25, 0.3) is 0 Å². The third-order valence-electron chi connectivity index (χ3n) is 4.72. The molecule has 3 rings (SSSR count). The van der Waals surface area contributed by atoms with Crippen molar-refractivity contribution in [3.8, 4) is 0 Å². The molecule has 1 aromatic carbocycles. The van der Waals surface area contributed by atoms with E-state index in [1.54, 1.807) is 6.20 Å². The van der Waals surface area contributed by atoms with Gasteiger partial charge in [0.05, 0.1) is 18.6 Å². The van der Waals surface area contributed by atoms with E-state index >= 15 is 0 Å². The molecule has 0 fully saturated rings. The summed E-state index contributed by atoms with van der Waals surface area (Å²) in [6.45, 7) is 9.12. The summed E-state index contributed by atoms with van der Waals surface area (Å²) in [5.41, 5.74) is 4.56. The Morgan fingerprint density at radius 2 is 1.97 bits per heavy atom. The molecule has 0 aliphatic rings. The normalized spacial score (nSPS) is 11.2. The molecule has 0 amide bonds. The number of nitrogens with zero attached hydrogens (tertiary/aromatic N) is 4. The lowest BCUT2D eigenvalue weighted by molar-refractivity contribution is 0.380. The Bertz CT molecular complexity index is 898. The summed E-state index contributed by atoms with van der Waals surface area (Å²) in [6.07, 6.45) is 7.29. The van der Waals surface area contributed by atoms with Gasteiger partial charge in [0.2, 0.25) is 0 Å². The van der Waals surface area contributed by atoms with Crippen molar-refractivity contribution < 1.29 is 4.52 Å². The molecule has 0 spiro atoms. The monoisotopic (exact) mass is 522 g/mol. The molecule has 30 heavy (non-hydrogen) atoms. The third-order valence-corrected chi connectivity index (χ3v) is 4.72. The minimum atomic E-state index is 0. The molecule has 3 aromatic rings. The maximum absolute atomic E-state index is 5.46. The number of hydrogen-bond donors (Lipinski definition) is 2. The highest BCUT2D eigenvalue weighted by atomic mass is 127. The second kappa shape index (κ2) is 12.4. The molecule has 162 valence electrons. The van der Waals surface area contributed by atoms with Crippen LogP contribution in [-0.4, -0.2) is 27.2 Å². The summed E-state index contributed by atoms with van der Waals surface area (Å²) in [4.78, 5) is 8.86. The summed E-state index contributed by atoms with van der Waals surface area (Å²) in [5, 5.41) is 10.9. The average molecular weight is 522 g/mol. The van der Waals surface area contributed by atoms with Crippen molar-refractivity contribution in [3.05, 3.63) is 71.1 Å². The number of hydrogen-bond acceptors (Lipinski definition) is 4. The van der Waals surface area contributed by atoms with Gasteiger partial charge in [-0.3, -0.25) is 0 Å². The first-order valence-electron chi connectivity index (χ1n) is 10.3. The van der Waals surface area contributed by atoms with E-state index < -0.39 is 0 Å². The van der Waals surface area contributed by atoms with Crippen LogP contribution in [0.15, 0.2) is 52.5 Å². The standard InChI is InChI=1S/C22H30N6O.HI/c1-4-20-19(21(5-2)29-27-20)14-26-22(24-6-3)25-13-17-8-7-9-18(12-17)15-28-11-10-23-16-28;/h7-12,16H,4-6,13-15H2,1-3H3,(H2,24,25,26);1H. The number of rotatable bonds is 9. The number of aliphatic imine (C=N–C) groups is 1. The summed E-state index contributed by atoms with van der Waals surface area (Å²) in [5.74, 6) is 1.73. The van der Waals surface area contributed by atoms with Gasteiger partial charge < -0.3 is 19.7 Å². The molecule has 2 N–H and O–H groups in total. The van der Waals surface area contributed by atoms with Crippen molar-refractivity contribution in [3.63, 3.8) is 0 Å². The number of imidazole rings is 1. The Morgan fingerprint density at radius 1 is 1.13 bits per heavy atom. The minimum Gasteiger partial charge on any atom is -0.361 e. The maximum Gasteiger partial charge on any atom is 0.191 e. The molecule has 0 aliphatic heterocycles. The second-order valence-electron chi connectivity index (χ2n) is 6.84. The van der Waals surface area contributed by atoms with E-state index in [0.29, 0.717) is 13.1 Å². The number of benzene rings is 1. The predicted molar refractivity (Wildman–Crippen MR) is 130 cm³/mol. The number of guanidine groups is 1. The Morgan fingerprint density at radius 3 is 2.67 bits per heavy atom. The van der Waals surface area contributed by atoms with E-state index in [0.717, 1.165) is 48.9 Å². The summed E-state index contributed by atoms with van der Waals surface area (Å²) in [7, 11) is 0. The van der Waals surface area contributed by atoms with E-state index in [1.807, 2.05) is 12.5 Å². The van der Waals surface area contributed by atoms with Crippen LogP contribution in [0, 0.1) is 0 Å². The van der Waals surface area contributed by atoms with Crippen LogP contribution in [0.4, 0.5) is 0 Å². The number of aromatic nitrogens is 3. The minimum absolute atomic E-state index is 0. The molecule has 0 aliphatic carbocycles. The van der Waals surface area contributed by atoms with Gasteiger partial charge in [-0.2, -0.15) is 0 Å². The molecule has 7 nitrogen and oxygen atoms in total. The largest absolute Gasteiger partial charge is 0.361 e. The topological polar surface area (TPSA) is 80.3 Å². The fraction of sp³-hybridized carbons (Fsp3) is 0.409. The first kappa shape index (κ1) is 23.9. The zero-order valence-corrected chi connectivity index (χ0v) is 20.2. The van der Waals surface area contributed by atoms with E-state index in [2.05, 4.69) is 70.4 Å². The van der Waals surface area contributed by atoms with Crippen LogP contribution >= 0.6 is 24.0 Å². The summed E-state index contributed by atoms with van der Waals surface area (Å²) in [6, 6.07) is 8.50. The molecule has 8 heteroatoms. The number of halogens is 1. The quantitative estimate of drug-likeness (QED) is 0.253. The SMILES string of the molecule is CCNC(=NCc1cccc(Cn2ccnc2)c1)NCc1c(CC)noc1CC.I. The summed E-state index contributed by atoms with van der Waals surface area (Å²) >= 11 is 0. The first-order valence-corrected chi connectivity index (χ1v) is 10.3. The van der Waals surface area contributed by atoms with Crippen molar-refractivity contribution in [2.75, 3.05) is 6.54 Å². The zero-order valence-electron chi connectivity index (χ0n) is 17.9. The van der Waals surface area contributed by atoms with Crippen molar-refractivity contribution in [1.29, 1.82) is 0 Å². The lowest BCUT2D eigenvalue weighted by Gasteiger charge is -2.12. The van der Waals surface area contributed by atoms with Gasteiger partial charge in [0.15, 0.2) is 5.96 Å². The highest BCUT2D eigenvalue weighted by Gasteiger charge is 2.13. The van der Waals surface area contributed by atoms with Crippen molar-refractivity contribution in [2.45, 2.75) is 53.2 Å². The maximum atomic E-state index is 5.46. The summed E-state index contributed by atoms with van der Waals surface area (Å²) < 4.78 is 7.52. The van der Waals surface area contributed by atoms with Crippen LogP contribution < -0.4 is 10.6 Å². The van der Waals surface area contributed by atoms with Crippen LogP contribution in [0.1, 0.15) is 48.9 Å². The Balaban J connectivity index is 0.00000320. The van der Waals surface area contributed by atoms with Crippen LogP contribution in [0.25, 0.3) is 0 Å². The fourth-order valence-corrected chi connectivity index (χ4v) is 3.24. The molecule has 0 unspecified atom stereocenters. The average Bonchev–Trinajstić information content (AvgIpc) is 3.39. The molecule has 0 bridgehead atoms. The van der Waals surface area contributed by atoms with Crippen molar-refractivity contribution in [2.24, 2.45) is 4.99 Å². The van der Waals surface area contributed by atoms with Gasteiger partial charge in [0, 0.05) is 44.0 Å². The number of aryl methyl sites for hydroxylation is 2. The smallest absolute Gasteiger partial charge is 0.191 e. The van der Waals surface area contributed by atoms with E-state index in [-0.39, 0.29) is 24.0 Å². The van der Waals surface area contributed by atoms with Crippen molar-refractivity contribution in [1.82, 2.24) is 25.3 Å². The van der Waals surface area contributed by atoms with Gasteiger partial charge in [-0.15, -0.1) is 24.0 Å². The first-order chi connectivity index (χ1) is 14.2.